The molecule has 9 heteroatoms. The van der Waals surface area contributed by atoms with Gasteiger partial charge in [-0.2, -0.15) is 4.31 Å². The van der Waals surface area contributed by atoms with Gasteiger partial charge >= 0.3 is 0 Å². The molecular weight excluding hydrogens is 382 g/mol. The van der Waals surface area contributed by atoms with Crippen LogP contribution in [-0.4, -0.2) is 43.2 Å². The van der Waals surface area contributed by atoms with Gasteiger partial charge in [-0.1, -0.05) is 11.6 Å². The molecule has 1 fully saturated rings. The maximum Gasteiger partial charge on any atom is 0.262 e. The van der Waals surface area contributed by atoms with Crippen LogP contribution in [0.15, 0.2) is 40.9 Å². The van der Waals surface area contributed by atoms with Crippen LogP contribution < -0.4 is 5.32 Å². The number of rotatable bonds is 5. The summed E-state index contributed by atoms with van der Waals surface area (Å²) < 4.78 is 26.8. The van der Waals surface area contributed by atoms with Gasteiger partial charge in [-0.15, -0.1) is 11.3 Å². The molecule has 0 aromatic carbocycles. The maximum absolute atomic E-state index is 12.7. The fraction of sp³-hybridized carbons (Fsp3) is 0.375. The zero-order valence-corrected chi connectivity index (χ0v) is 15.8. The summed E-state index contributed by atoms with van der Waals surface area (Å²) in [5.41, 5.74) is 0. The maximum atomic E-state index is 12.7. The molecule has 3 rings (SSSR count). The fourth-order valence-corrected chi connectivity index (χ4v) is 5.41. The van der Waals surface area contributed by atoms with Crippen LogP contribution in [0.2, 0.25) is 5.02 Å². The van der Waals surface area contributed by atoms with Crippen molar-refractivity contribution in [2.24, 2.45) is 5.92 Å². The number of halogens is 1. The first-order valence-electron chi connectivity index (χ1n) is 7.90. The summed E-state index contributed by atoms with van der Waals surface area (Å²) in [6.45, 7) is 1.29. The van der Waals surface area contributed by atoms with Crippen LogP contribution in [0.4, 0.5) is 0 Å². The Balaban J connectivity index is 1.62. The van der Waals surface area contributed by atoms with Gasteiger partial charge in [0.1, 0.15) is 9.77 Å². The first-order chi connectivity index (χ1) is 12.0. The second-order valence-corrected chi connectivity index (χ2v) is 9.13. The molecule has 1 atom stereocenters. The second kappa shape index (κ2) is 7.82. The Morgan fingerprint density at radius 1 is 1.44 bits per heavy atom. The number of sulfonamides is 1. The molecule has 0 saturated carbocycles. The van der Waals surface area contributed by atoms with Crippen molar-refractivity contribution in [1.82, 2.24) is 14.6 Å². The van der Waals surface area contributed by atoms with E-state index >= 15 is 0 Å². The molecule has 2 aromatic rings. The van der Waals surface area contributed by atoms with Crippen molar-refractivity contribution >= 4 is 38.9 Å². The van der Waals surface area contributed by atoms with Crippen LogP contribution in [0.3, 0.4) is 0 Å². The molecule has 1 saturated heterocycles. The van der Waals surface area contributed by atoms with Gasteiger partial charge in [-0.25, -0.2) is 8.42 Å². The van der Waals surface area contributed by atoms with Gasteiger partial charge in [0.25, 0.3) is 5.91 Å². The van der Waals surface area contributed by atoms with Crippen LogP contribution in [0, 0.1) is 5.92 Å². The third kappa shape index (κ3) is 4.20. The molecule has 0 aliphatic carbocycles. The molecule has 1 aliphatic rings. The molecule has 0 spiro atoms. The van der Waals surface area contributed by atoms with Crippen molar-refractivity contribution in [2.75, 3.05) is 19.6 Å². The summed E-state index contributed by atoms with van der Waals surface area (Å²) in [4.78, 5) is 16.7. The highest BCUT2D eigenvalue weighted by Gasteiger charge is 2.30. The van der Waals surface area contributed by atoms with Crippen molar-refractivity contribution in [1.29, 1.82) is 0 Å². The first-order valence-corrected chi connectivity index (χ1v) is 10.6. The molecule has 1 amide bonds. The average molecular weight is 400 g/mol. The third-order valence-electron chi connectivity index (χ3n) is 4.13. The van der Waals surface area contributed by atoms with Crippen molar-refractivity contribution < 1.29 is 13.2 Å². The number of hydrogen-bond donors (Lipinski definition) is 1. The van der Waals surface area contributed by atoms with Gasteiger partial charge < -0.3 is 5.32 Å². The lowest BCUT2D eigenvalue weighted by Crippen LogP contribution is -2.43. The van der Waals surface area contributed by atoms with E-state index in [4.69, 9.17) is 11.6 Å². The van der Waals surface area contributed by atoms with Crippen molar-refractivity contribution in [3.05, 3.63) is 45.9 Å². The van der Waals surface area contributed by atoms with Crippen LogP contribution in [0.1, 0.15) is 22.5 Å². The smallest absolute Gasteiger partial charge is 0.262 e. The van der Waals surface area contributed by atoms with Crippen LogP contribution in [0.25, 0.3) is 0 Å². The molecule has 3 heterocycles. The lowest BCUT2D eigenvalue weighted by Gasteiger charge is -2.31. The summed E-state index contributed by atoms with van der Waals surface area (Å²) in [6.07, 6.45) is 4.54. The summed E-state index contributed by atoms with van der Waals surface area (Å²) in [6, 6.07) is 4.84. The van der Waals surface area contributed by atoms with Crippen molar-refractivity contribution in [3.8, 4) is 0 Å². The normalized spacial score (nSPS) is 18.8. The predicted octanol–water partition coefficient (Wildman–Crippen LogP) is 2.63. The van der Waals surface area contributed by atoms with Gasteiger partial charge in [0, 0.05) is 32.0 Å². The van der Waals surface area contributed by atoms with E-state index in [0.29, 0.717) is 29.5 Å². The Kier molecular flexibility index (Phi) is 5.73. The summed E-state index contributed by atoms with van der Waals surface area (Å²) >= 11 is 7.25. The number of nitrogens with zero attached hydrogens (tertiary/aromatic N) is 2. The largest absolute Gasteiger partial charge is 0.351 e. The average Bonchev–Trinajstić information content (AvgIpc) is 3.07. The minimum atomic E-state index is -3.54. The number of carbonyl (C=O) groups excluding carboxylic acids is 1. The molecule has 6 nitrogen and oxygen atoms in total. The van der Waals surface area contributed by atoms with Gasteiger partial charge in [0.2, 0.25) is 10.0 Å². The number of amides is 1. The highest BCUT2D eigenvalue weighted by molar-refractivity contribution is 7.89. The fourth-order valence-electron chi connectivity index (χ4n) is 2.83. The third-order valence-corrected chi connectivity index (χ3v) is 7.32. The Hall–Kier alpha value is -1.48. The number of thiophene rings is 1. The van der Waals surface area contributed by atoms with E-state index in [0.717, 1.165) is 12.8 Å². The lowest BCUT2D eigenvalue weighted by molar-refractivity contribution is 0.0945. The molecule has 25 heavy (non-hydrogen) atoms. The SMILES string of the molecule is O=C(NCC1CCCN(S(=O)(=O)c2cccnc2)C1)c1sccc1Cl. The minimum absolute atomic E-state index is 0.0721. The first kappa shape index (κ1) is 18.3. The molecule has 1 N–H and O–H groups in total. The Labute approximate surface area is 155 Å². The molecule has 1 unspecified atom stereocenters. The molecule has 0 bridgehead atoms. The predicted molar refractivity (Wildman–Crippen MR) is 97.4 cm³/mol. The van der Waals surface area contributed by atoms with Crippen molar-refractivity contribution in [3.63, 3.8) is 0 Å². The zero-order valence-electron chi connectivity index (χ0n) is 13.4. The van der Waals surface area contributed by atoms with E-state index in [9.17, 15) is 13.2 Å². The number of hydrogen-bond acceptors (Lipinski definition) is 5. The molecular formula is C16H18ClN3O3S2. The Bertz CT molecular complexity index is 839. The van der Waals surface area contributed by atoms with E-state index < -0.39 is 10.0 Å². The van der Waals surface area contributed by atoms with Gasteiger partial charge in [-0.05, 0) is 42.3 Å². The molecule has 0 radical (unpaired) electrons. The van der Waals surface area contributed by atoms with E-state index in [1.807, 2.05) is 0 Å². The summed E-state index contributed by atoms with van der Waals surface area (Å²) in [7, 11) is -3.54. The summed E-state index contributed by atoms with van der Waals surface area (Å²) in [5.74, 6) is -0.143. The van der Waals surface area contributed by atoms with Crippen molar-refractivity contribution in [2.45, 2.75) is 17.7 Å². The minimum Gasteiger partial charge on any atom is -0.351 e. The quantitative estimate of drug-likeness (QED) is 0.838. The Morgan fingerprint density at radius 3 is 2.96 bits per heavy atom. The highest BCUT2D eigenvalue weighted by atomic mass is 35.5. The molecule has 2 aromatic heterocycles. The lowest BCUT2D eigenvalue weighted by atomic mass is 10.00. The van der Waals surface area contributed by atoms with E-state index in [1.165, 1.54) is 21.8 Å². The van der Waals surface area contributed by atoms with Gasteiger partial charge in [-0.3, -0.25) is 9.78 Å². The zero-order chi connectivity index (χ0) is 17.9. The van der Waals surface area contributed by atoms with Crippen LogP contribution >= 0.6 is 22.9 Å². The van der Waals surface area contributed by atoms with Crippen LogP contribution in [-0.2, 0) is 10.0 Å². The summed E-state index contributed by atoms with van der Waals surface area (Å²) in [5, 5.41) is 5.06. The number of nitrogens with one attached hydrogen (secondary N) is 1. The molecule has 134 valence electrons. The van der Waals surface area contributed by atoms with Crippen LogP contribution in [0.5, 0.6) is 0 Å². The monoisotopic (exact) mass is 399 g/mol. The Morgan fingerprint density at radius 2 is 2.28 bits per heavy atom. The van der Waals surface area contributed by atoms with E-state index in [-0.39, 0.29) is 16.7 Å². The second-order valence-electron chi connectivity index (χ2n) is 5.87. The number of pyridine rings is 1. The standard InChI is InChI=1S/C16H18ClN3O3S2/c17-14-5-8-24-15(14)16(21)19-9-12-3-2-7-20(11-12)25(22,23)13-4-1-6-18-10-13/h1,4-6,8,10,12H,2-3,7,9,11H2,(H,19,21). The van der Waals surface area contributed by atoms with E-state index in [1.54, 1.807) is 29.8 Å². The van der Waals surface area contributed by atoms with Gasteiger partial charge in [0.05, 0.1) is 5.02 Å². The van der Waals surface area contributed by atoms with Gasteiger partial charge in [0.15, 0.2) is 0 Å². The number of piperidine rings is 1. The topological polar surface area (TPSA) is 79.4 Å². The highest BCUT2D eigenvalue weighted by Crippen LogP contribution is 2.24. The number of carbonyl (C=O) groups is 1. The number of aromatic nitrogens is 1. The molecule has 1 aliphatic heterocycles. The van der Waals surface area contributed by atoms with E-state index in [2.05, 4.69) is 10.3 Å².